The maximum atomic E-state index is 12.3. The van der Waals surface area contributed by atoms with Crippen LogP contribution in [-0.4, -0.2) is 55.1 Å². The molecule has 3 rings (SSSR count). The van der Waals surface area contributed by atoms with Crippen molar-refractivity contribution < 1.29 is 9.53 Å². The van der Waals surface area contributed by atoms with Gasteiger partial charge >= 0.3 is 0 Å². The molecule has 20 heavy (non-hydrogen) atoms. The largest absolute Gasteiger partial charge is 0.377 e. The molecule has 0 saturated carbocycles. The second-order valence-corrected chi connectivity index (χ2v) is 6.77. The normalized spacial score (nSPS) is 30.2. The van der Waals surface area contributed by atoms with E-state index in [1.54, 1.807) is 16.2 Å². The lowest BCUT2D eigenvalue weighted by Gasteiger charge is -2.40. The third-order valence-corrected chi connectivity index (χ3v) is 5.10. The zero-order valence-electron chi connectivity index (χ0n) is 12.1. The lowest BCUT2D eigenvalue weighted by atomic mass is 9.89. The number of hydrogen-bond acceptors (Lipinski definition) is 4. The Balaban J connectivity index is 1.74. The molecule has 2 fully saturated rings. The zero-order valence-corrected chi connectivity index (χ0v) is 12.9. The van der Waals surface area contributed by atoms with Crippen molar-refractivity contribution in [3.05, 3.63) is 22.4 Å². The van der Waals surface area contributed by atoms with E-state index < -0.39 is 0 Å². The smallest absolute Gasteiger partial charge is 0.226 e. The van der Waals surface area contributed by atoms with E-state index in [0.717, 1.165) is 32.5 Å². The van der Waals surface area contributed by atoms with Gasteiger partial charge in [0.05, 0.1) is 12.0 Å². The zero-order chi connectivity index (χ0) is 14.1. The van der Waals surface area contributed by atoms with Gasteiger partial charge in [0.15, 0.2) is 0 Å². The van der Waals surface area contributed by atoms with Crippen molar-refractivity contribution in [2.24, 2.45) is 5.92 Å². The summed E-state index contributed by atoms with van der Waals surface area (Å²) in [5, 5.41) is 4.31. The van der Waals surface area contributed by atoms with E-state index >= 15 is 0 Å². The predicted octanol–water partition coefficient (Wildman–Crippen LogP) is 1.82. The number of piperidine rings is 1. The molecular formula is C15H22N2O2S. The first kappa shape index (κ1) is 14.0. The average Bonchev–Trinajstić information content (AvgIpc) is 3.07. The van der Waals surface area contributed by atoms with Crippen LogP contribution < -0.4 is 0 Å². The van der Waals surface area contributed by atoms with E-state index in [4.69, 9.17) is 4.74 Å². The minimum Gasteiger partial charge on any atom is -0.377 e. The topological polar surface area (TPSA) is 32.8 Å². The van der Waals surface area contributed by atoms with Crippen molar-refractivity contribution in [3.63, 3.8) is 0 Å². The highest BCUT2D eigenvalue weighted by molar-refractivity contribution is 7.07. The number of ether oxygens (including phenoxy) is 1. The molecule has 2 aliphatic heterocycles. The number of carbonyl (C=O) groups excluding carboxylic acids is 1. The molecule has 110 valence electrons. The Labute approximate surface area is 124 Å². The van der Waals surface area contributed by atoms with Crippen LogP contribution in [0.25, 0.3) is 0 Å². The van der Waals surface area contributed by atoms with Crippen LogP contribution in [0.15, 0.2) is 16.8 Å². The van der Waals surface area contributed by atoms with Gasteiger partial charge in [-0.05, 0) is 35.2 Å². The Morgan fingerprint density at radius 1 is 1.55 bits per heavy atom. The Morgan fingerprint density at radius 3 is 3.10 bits per heavy atom. The Morgan fingerprint density at radius 2 is 2.40 bits per heavy atom. The number of rotatable bonds is 3. The van der Waals surface area contributed by atoms with Crippen LogP contribution in [0.1, 0.15) is 18.4 Å². The van der Waals surface area contributed by atoms with Crippen molar-refractivity contribution in [2.75, 3.05) is 27.2 Å². The molecule has 4 nitrogen and oxygen atoms in total. The summed E-state index contributed by atoms with van der Waals surface area (Å²) in [5.74, 6) is 0.303. The maximum absolute atomic E-state index is 12.3. The molecule has 2 aliphatic rings. The van der Waals surface area contributed by atoms with Crippen molar-refractivity contribution in [2.45, 2.75) is 31.5 Å². The number of fused-ring (bicyclic) bond motifs is 1. The number of hydrogen-bond donors (Lipinski definition) is 0. The van der Waals surface area contributed by atoms with Gasteiger partial charge in [-0.2, -0.15) is 11.3 Å². The first-order valence-electron chi connectivity index (χ1n) is 7.23. The van der Waals surface area contributed by atoms with Gasteiger partial charge in [0.25, 0.3) is 0 Å². The van der Waals surface area contributed by atoms with E-state index in [2.05, 4.69) is 21.7 Å². The standard InChI is InChI=1S/C15H22N2O2S/c1-16(2)15(18)12-7-14-13(3-5-19-14)17(9-12)8-11-4-6-20-10-11/h4,6,10,12-14H,3,5,7-9H2,1-2H3/t12-,13+,14+/m1/s1. The monoisotopic (exact) mass is 294 g/mol. The molecule has 3 heterocycles. The van der Waals surface area contributed by atoms with Gasteiger partial charge < -0.3 is 9.64 Å². The Kier molecular flexibility index (Phi) is 4.10. The van der Waals surface area contributed by atoms with Gasteiger partial charge in [-0.15, -0.1) is 0 Å². The fourth-order valence-electron chi connectivity index (χ4n) is 3.40. The molecule has 0 unspecified atom stereocenters. The lowest BCUT2D eigenvalue weighted by molar-refractivity contribution is -0.137. The summed E-state index contributed by atoms with van der Waals surface area (Å²) < 4.78 is 5.86. The molecule has 0 N–H and O–H groups in total. The molecule has 0 radical (unpaired) electrons. The second kappa shape index (κ2) is 5.84. The highest BCUT2D eigenvalue weighted by Gasteiger charge is 2.42. The van der Waals surface area contributed by atoms with Gasteiger partial charge in [-0.1, -0.05) is 0 Å². The van der Waals surface area contributed by atoms with Gasteiger partial charge in [0.2, 0.25) is 5.91 Å². The first-order chi connectivity index (χ1) is 9.65. The number of likely N-dealkylation sites (tertiary alicyclic amines) is 1. The summed E-state index contributed by atoms with van der Waals surface area (Å²) in [6.45, 7) is 2.63. The average molecular weight is 294 g/mol. The molecule has 1 aromatic rings. The van der Waals surface area contributed by atoms with Gasteiger partial charge in [0, 0.05) is 39.8 Å². The predicted molar refractivity (Wildman–Crippen MR) is 79.7 cm³/mol. The molecule has 0 aromatic carbocycles. The highest BCUT2D eigenvalue weighted by Crippen LogP contribution is 2.33. The van der Waals surface area contributed by atoms with Crippen LogP contribution in [0, 0.1) is 5.92 Å². The molecule has 1 amide bonds. The van der Waals surface area contributed by atoms with E-state index in [1.165, 1.54) is 5.56 Å². The first-order valence-corrected chi connectivity index (χ1v) is 8.17. The molecule has 5 heteroatoms. The summed E-state index contributed by atoms with van der Waals surface area (Å²) in [6.07, 6.45) is 2.20. The fourth-order valence-corrected chi connectivity index (χ4v) is 4.06. The number of carbonyl (C=O) groups is 1. The minimum absolute atomic E-state index is 0.0722. The van der Waals surface area contributed by atoms with E-state index in [1.807, 2.05) is 14.1 Å². The van der Waals surface area contributed by atoms with Crippen LogP contribution in [0.5, 0.6) is 0 Å². The van der Waals surface area contributed by atoms with E-state index in [-0.39, 0.29) is 17.9 Å². The van der Waals surface area contributed by atoms with Crippen molar-refractivity contribution in [3.8, 4) is 0 Å². The fraction of sp³-hybridized carbons (Fsp3) is 0.667. The molecular weight excluding hydrogens is 272 g/mol. The van der Waals surface area contributed by atoms with Crippen LogP contribution in [-0.2, 0) is 16.1 Å². The molecule has 0 aliphatic carbocycles. The van der Waals surface area contributed by atoms with Gasteiger partial charge in [0.1, 0.15) is 0 Å². The van der Waals surface area contributed by atoms with Crippen molar-refractivity contribution in [1.82, 2.24) is 9.80 Å². The number of nitrogens with zero attached hydrogens (tertiary/aromatic N) is 2. The molecule has 3 atom stereocenters. The second-order valence-electron chi connectivity index (χ2n) is 5.99. The summed E-state index contributed by atoms with van der Waals surface area (Å²) in [6, 6.07) is 2.66. The van der Waals surface area contributed by atoms with E-state index in [9.17, 15) is 4.79 Å². The van der Waals surface area contributed by atoms with Crippen LogP contribution in [0.4, 0.5) is 0 Å². The quantitative estimate of drug-likeness (QED) is 0.852. The minimum atomic E-state index is 0.0722. The maximum Gasteiger partial charge on any atom is 0.226 e. The third-order valence-electron chi connectivity index (χ3n) is 4.37. The number of thiophene rings is 1. The van der Waals surface area contributed by atoms with Crippen molar-refractivity contribution in [1.29, 1.82) is 0 Å². The van der Waals surface area contributed by atoms with Gasteiger partial charge in [-0.3, -0.25) is 9.69 Å². The third kappa shape index (κ3) is 2.75. The Hall–Kier alpha value is -0.910. The summed E-state index contributed by atoms with van der Waals surface area (Å²) in [7, 11) is 3.68. The van der Waals surface area contributed by atoms with Crippen LogP contribution in [0.2, 0.25) is 0 Å². The van der Waals surface area contributed by atoms with Crippen molar-refractivity contribution >= 4 is 17.2 Å². The summed E-state index contributed by atoms with van der Waals surface area (Å²) in [4.78, 5) is 16.4. The van der Waals surface area contributed by atoms with Gasteiger partial charge in [-0.25, -0.2) is 0 Å². The van der Waals surface area contributed by atoms with E-state index in [0.29, 0.717) is 6.04 Å². The number of amides is 1. The highest BCUT2D eigenvalue weighted by atomic mass is 32.1. The molecule has 2 saturated heterocycles. The SMILES string of the molecule is CN(C)C(=O)[C@@H]1C[C@@H]2OCC[C@@H]2N(Cc2ccsc2)C1. The summed E-state index contributed by atoms with van der Waals surface area (Å²) in [5.41, 5.74) is 1.35. The lowest BCUT2D eigenvalue weighted by Crippen LogP contribution is -2.52. The molecule has 0 bridgehead atoms. The molecule has 1 aromatic heterocycles. The summed E-state index contributed by atoms with van der Waals surface area (Å²) >= 11 is 1.73. The Bertz CT molecular complexity index is 460. The van der Waals surface area contributed by atoms with Crippen LogP contribution in [0.3, 0.4) is 0 Å². The van der Waals surface area contributed by atoms with Crippen LogP contribution >= 0.6 is 11.3 Å². The molecule has 0 spiro atoms.